The highest BCUT2D eigenvalue weighted by Gasteiger charge is 2.05. The number of hydrogen-bond donors (Lipinski definition) is 3. The molecule has 0 saturated carbocycles. The van der Waals surface area contributed by atoms with Crippen LogP contribution in [0.2, 0.25) is 0 Å². The molecule has 0 fully saturated rings. The summed E-state index contributed by atoms with van der Waals surface area (Å²) < 4.78 is 0. The summed E-state index contributed by atoms with van der Waals surface area (Å²) in [6.07, 6.45) is 0. The van der Waals surface area contributed by atoms with Gasteiger partial charge in [-0.2, -0.15) is 23.5 Å². The average molecular weight is 209 g/mol. The molecule has 0 aromatic heterocycles. The van der Waals surface area contributed by atoms with Gasteiger partial charge < -0.3 is 17.2 Å². The third-order valence-electron chi connectivity index (χ3n) is 1.30. The van der Waals surface area contributed by atoms with Crippen LogP contribution in [-0.4, -0.2) is 42.1 Å². The maximum Gasteiger partial charge on any atom is 0.0261 e. The van der Waals surface area contributed by atoms with Crippen LogP contribution < -0.4 is 17.2 Å². The number of thioether (sulfide) groups is 2. The van der Waals surface area contributed by atoms with Gasteiger partial charge in [0, 0.05) is 42.1 Å². The van der Waals surface area contributed by atoms with E-state index in [4.69, 9.17) is 17.2 Å². The zero-order valence-electron chi connectivity index (χ0n) is 7.37. The van der Waals surface area contributed by atoms with Crippen molar-refractivity contribution in [3.63, 3.8) is 0 Å². The highest BCUT2D eigenvalue weighted by molar-refractivity contribution is 8.03. The van der Waals surface area contributed by atoms with Crippen LogP contribution in [0, 0.1) is 0 Å². The van der Waals surface area contributed by atoms with Crippen molar-refractivity contribution >= 4 is 23.5 Å². The number of nitrogens with two attached hydrogens (primary N) is 3. The molecule has 0 aliphatic rings. The third kappa shape index (κ3) is 7.24. The van der Waals surface area contributed by atoms with Crippen molar-refractivity contribution in [1.29, 1.82) is 0 Å². The largest absolute Gasteiger partial charge is 0.330 e. The summed E-state index contributed by atoms with van der Waals surface area (Å²) in [5.41, 5.74) is 16.4. The standard InChI is InChI=1S/C7H19N3S2/c8-1-3-11-6-7(5-10)12-4-2-9/h7H,1-6,8-10H2. The smallest absolute Gasteiger partial charge is 0.0261 e. The molecule has 3 nitrogen and oxygen atoms in total. The van der Waals surface area contributed by atoms with Crippen LogP contribution in [0.4, 0.5) is 0 Å². The summed E-state index contributed by atoms with van der Waals surface area (Å²) in [6.45, 7) is 2.23. The van der Waals surface area contributed by atoms with Crippen molar-refractivity contribution in [2.45, 2.75) is 5.25 Å². The Balaban J connectivity index is 3.26. The van der Waals surface area contributed by atoms with E-state index in [0.717, 1.165) is 36.9 Å². The highest BCUT2D eigenvalue weighted by atomic mass is 32.2. The fourth-order valence-electron chi connectivity index (χ4n) is 0.717. The van der Waals surface area contributed by atoms with Gasteiger partial charge in [-0.25, -0.2) is 0 Å². The van der Waals surface area contributed by atoms with Crippen molar-refractivity contribution < 1.29 is 0 Å². The van der Waals surface area contributed by atoms with E-state index in [9.17, 15) is 0 Å². The lowest BCUT2D eigenvalue weighted by atomic mass is 10.5. The first-order valence-electron chi connectivity index (χ1n) is 4.14. The van der Waals surface area contributed by atoms with Crippen molar-refractivity contribution in [2.24, 2.45) is 17.2 Å². The molecule has 12 heavy (non-hydrogen) atoms. The van der Waals surface area contributed by atoms with Gasteiger partial charge >= 0.3 is 0 Å². The first-order valence-corrected chi connectivity index (χ1v) is 6.35. The van der Waals surface area contributed by atoms with Crippen molar-refractivity contribution in [3.8, 4) is 0 Å². The molecule has 0 bridgehead atoms. The van der Waals surface area contributed by atoms with Gasteiger partial charge in [-0.15, -0.1) is 0 Å². The van der Waals surface area contributed by atoms with Crippen LogP contribution in [0.5, 0.6) is 0 Å². The van der Waals surface area contributed by atoms with Gasteiger partial charge in [0.05, 0.1) is 0 Å². The third-order valence-corrected chi connectivity index (χ3v) is 3.98. The second-order valence-corrected chi connectivity index (χ2v) is 4.94. The first-order chi connectivity index (χ1) is 5.85. The lowest BCUT2D eigenvalue weighted by Gasteiger charge is -2.12. The first kappa shape index (κ1) is 12.6. The summed E-state index contributed by atoms with van der Waals surface area (Å²) in [4.78, 5) is 0. The number of rotatable bonds is 8. The van der Waals surface area contributed by atoms with E-state index in [1.807, 2.05) is 23.5 Å². The minimum atomic E-state index is 0.546. The second-order valence-electron chi connectivity index (χ2n) is 2.38. The fourth-order valence-corrected chi connectivity index (χ4v) is 2.73. The quantitative estimate of drug-likeness (QED) is 0.478. The molecule has 5 heteroatoms. The second kappa shape index (κ2) is 9.67. The van der Waals surface area contributed by atoms with Crippen LogP contribution in [0.3, 0.4) is 0 Å². The Morgan fingerprint density at radius 2 is 1.67 bits per heavy atom. The molecule has 0 amide bonds. The van der Waals surface area contributed by atoms with E-state index >= 15 is 0 Å². The topological polar surface area (TPSA) is 78.1 Å². The van der Waals surface area contributed by atoms with Gasteiger partial charge in [-0.05, 0) is 0 Å². The molecule has 0 aromatic carbocycles. The SMILES string of the molecule is NCCSCC(CN)SCCN. The molecular weight excluding hydrogens is 190 g/mol. The van der Waals surface area contributed by atoms with Gasteiger partial charge in [-0.1, -0.05) is 0 Å². The minimum Gasteiger partial charge on any atom is -0.330 e. The maximum atomic E-state index is 5.59. The molecule has 0 saturated heterocycles. The minimum absolute atomic E-state index is 0.546. The lowest BCUT2D eigenvalue weighted by molar-refractivity contribution is 0.957. The monoisotopic (exact) mass is 209 g/mol. The van der Waals surface area contributed by atoms with Crippen LogP contribution in [0.1, 0.15) is 0 Å². The van der Waals surface area contributed by atoms with Gasteiger partial charge in [0.2, 0.25) is 0 Å². The van der Waals surface area contributed by atoms with Crippen molar-refractivity contribution in [1.82, 2.24) is 0 Å². The van der Waals surface area contributed by atoms with Crippen molar-refractivity contribution in [2.75, 3.05) is 36.9 Å². The molecule has 0 aliphatic heterocycles. The predicted molar refractivity (Wildman–Crippen MR) is 60.7 cm³/mol. The summed E-state index contributed by atoms with van der Waals surface area (Å²) >= 11 is 3.73. The van der Waals surface area contributed by atoms with E-state index in [1.165, 1.54) is 0 Å². The Bertz CT molecular complexity index is 92.7. The molecule has 0 radical (unpaired) electrons. The van der Waals surface area contributed by atoms with E-state index < -0.39 is 0 Å². The summed E-state index contributed by atoms with van der Waals surface area (Å²) in [5.74, 6) is 3.13. The Hall–Kier alpha value is 0.580. The molecule has 74 valence electrons. The average Bonchev–Trinajstić information content (AvgIpc) is 2.11. The molecular formula is C7H19N3S2. The van der Waals surface area contributed by atoms with Gasteiger partial charge in [-0.3, -0.25) is 0 Å². The van der Waals surface area contributed by atoms with E-state index in [0.29, 0.717) is 5.25 Å². The van der Waals surface area contributed by atoms with E-state index in [1.54, 1.807) is 0 Å². The summed E-state index contributed by atoms with van der Waals surface area (Å²) in [5, 5.41) is 0.546. The van der Waals surface area contributed by atoms with E-state index in [2.05, 4.69) is 0 Å². The van der Waals surface area contributed by atoms with Crippen LogP contribution in [0.15, 0.2) is 0 Å². The van der Waals surface area contributed by atoms with Crippen LogP contribution >= 0.6 is 23.5 Å². The van der Waals surface area contributed by atoms with Gasteiger partial charge in [0.1, 0.15) is 0 Å². The highest BCUT2D eigenvalue weighted by Crippen LogP contribution is 2.14. The molecule has 0 spiro atoms. The normalized spacial score (nSPS) is 13.2. The Labute approximate surface area is 83.2 Å². The Kier molecular flexibility index (Phi) is 10.1. The molecule has 0 aliphatic carbocycles. The maximum absolute atomic E-state index is 5.59. The molecule has 0 heterocycles. The Morgan fingerprint density at radius 3 is 2.17 bits per heavy atom. The molecule has 1 atom stereocenters. The zero-order valence-corrected chi connectivity index (χ0v) is 9.00. The Morgan fingerprint density at radius 1 is 1.00 bits per heavy atom. The molecule has 0 aromatic rings. The van der Waals surface area contributed by atoms with Crippen LogP contribution in [0.25, 0.3) is 0 Å². The van der Waals surface area contributed by atoms with E-state index in [-0.39, 0.29) is 0 Å². The fraction of sp³-hybridized carbons (Fsp3) is 1.00. The molecule has 0 rings (SSSR count). The number of hydrogen-bond acceptors (Lipinski definition) is 5. The molecule has 1 unspecified atom stereocenters. The summed E-state index contributed by atoms with van der Waals surface area (Å²) in [6, 6.07) is 0. The summed E-state index contributed by atoms with van der Waals surface area (Å²) in [7, 11) is 0. The predicted octanol–water partition coefficient (Wildman–Crippen LogP) is -0.302. The zero-order chi connectivity index (χ0) is 9.23. The lowest BCUT2D eigenvalue weighted by Crippen LogP contribution is -2.21. The van der Waals surface area contributed by atoms with Crippen LogP contribution in [-0.2, 0) is 0 Å². The van der Waals surface area contributed by atoms with Gasteiger partial charge in [0.15, 0.2) is 0 Å². The van der Waals surface area contributed by atoms with Gasteiger partial charge in [0.25, 0.3) is 0 Å². The molecule has 6 N–H and O–H groups in total. The van der Waals surface area contributed by atoms with Crippen molar-refractivity contribution in [3.05, 3.63) is 0 Å².